The predicted molar refractivity (Wildman–Crippen MR) is 47.8 cm³/mol. The first kappa shape index (κ1) is 8.49. The topological polar surface area (TPSA) is 12.0 Å². The van der Waals surface area contributed by atoms with Crippen molar-refractivity contribution in [1.29, 1.82) is 0 Å². The van der Waals surface area contributed by atoms with Crippen molar-refractivity contribution in [2.75, 3.05) is 13.1 Å². The van der Waals surface area contributed by atoms with E-state index in [2.05, 4.69) is 5.32 Å². The van der Waals surface area contributed by atoms with Crippen molar-refractivity contribution in [2.45, 2.75) is 38.3 Å². The van der Waals surface area contributed by atoms with Gasteiger partial charge >= 0.3 is 0 Å². The molecule has 1 N–H and O–H groups in total. The molecule has 2 atom stereocenters. The standard InChI is InChI=1S/C10H18FN/c11-10-5-7-12-6-4-9(10)8-2-1-3-8/h8-10,12H,1-7H2. The minimum absolute atomic E-state index is 0.383. The zero-order chi connectivity index (χ0) is 8.39. The smallest absolute Gasteiger partial charge is 0.104 e. The van der Waals surface area contributed by atoms with E-state index in [9.17, 15) is 4.39 Å². The Balaban J connectivity index is 1.90. The second-order valence-electron chi connectivity index (χ2n) is 4.20. The van der Waals surface area contributed by atoms with Gasteiger partial charge in [0, 0.05) is 0 Å². The molecule has 1 aliphatic carbocycles. The Morgan fingerprint density at radius 1 is 1.00 bits per heavy atom. The monoisotopic (exact) mass is 171 g/mol. The van der Waals surface area contributed by atoms with Crippen LogP contribution in [0.5, 0.6) is 0 Å². The van der Waals surface area contributed by atoms with Crippen molar-refractivity contribution in [3.05, 3.63) is 0 Å². The van der Waals surface area contributed by atoms with Crippen molar-refractivity contribution in [1.82, 2.24) is 5.32 Å². The molecule has 0 aromatic heterocycles. The molecule has 2 fully saturated rings. The summed E-state index contributed by atoms with van der Waals surface area (Å²) in [5.74, 6) is 1.11. The molecule has 0 spiro atoms. The van der Waals surface area contributed by atoms with Gasteiger partial charge in [-0.25, -0.2) is 4.39 Å². The number of nitrogens with one attached hydrogen (secondary N) is 1. The number of hydrogen-bond acceptors (Lipinski definition) is 1. The normalized spacial score (nSPS) is 38.8. The highest BCUT2D eigenvalue weighted by molar-refractivity contribution is 4.85. The number of rotatable bonds is 1. The molecule has 0 bridgehead atoms. The van der Waals surface area contributed by atoms with E-state index in [4.69, 9.17) is 0 Å². The summed E-state index contributed by atoms with van der Waals surface area (Å²) in [7, 11) is 0. The van der Waals surface area contributed by atoms with E-state index in [1.807, 2.05) is 0 Å². The molecule has 1 nitrogen and oxygen atoms in total. The van der Waals surface area contributed by atoms with Crippen LogP contribution in [0.1, 0.15) is 32.1 Å². The van der Waals surface area contributed by atoms with Gasteiger partial charge in [0.15, 0.2) is 0 Å². The Morgan fingerprint density at radius 2 is 1.75 bits per heavy atom. The zero-order valence-corrected chi connectivity index (χ0v) is 7.56. The molecule has 2 aliphatic rings. The molecule has 1 saturated heterocycles. The molecule has 2 heteroatoms. The maximum Gasteiger partial charge on any atom is 0.104 e. The predicted octanol–water partition coefficient (Wildman–Crippen LogP) is 2.12. The van der Waals surface area contributed by atoms with Crippen molar-refractivity contribution in [3.63, 3.8) is 0 Å². The van der Waals surface area contributed by atoms with Gasteiger partial charge in [0.1, 0.15) is 6.17 Å². The Hall–Kier alpha value is -0.110. The third-order valence-corrected chi connectivity index (χ3v) is 3.47. The lowest BCUT2D eigenvalue weighted by molar-refractivity contribution is 0.106. The van der Waals surface area contributed by atoms with Crippen molar-refractivity contribution < 1.29 is 4.39 Å². The van der Waals surface area contributed by atoms with Crippen LogP contribution in [0.4, 0.5) is 4.39 Å². The van der Waals surface area contributed by atoms with Gasteiger partial charge < -0.3 is 5.32 Å². The van der Waals surface area contributed by atoms with Gasteiger partial charge in [-0.15, -0.1) is 0 Å². The van der Waals surface area contributed by atoms with E-state index in [-0.39, 0.29) is 0 Å². The highest BCUT2D eigenvalue weighted by atomic mass is 19.1. The van der Waals surface area contributed by atoms with Crippen LogP contribution in [0.15, 0.2) is 0 Å². The molecule has 1 aliphatic heterocycles. The van der Waals surface area contributed by atoms with Gasteiger partial charge in [-0.2, -0.15) is 0 Å². The summed E-state index contributed by atoms with van der Waals surface area (Å²) in [5.41, 5.74) is 0. The van der Waals surface area contributed by atoms with E-state index < -0.39 is 6.17 Å². The highest BCUT2D eigenvalue weighted by Gasteiger charge is 2.33. The van der Waals surface area contributed by atoms with Crippen LogP contribution in [-0.2, 0) is 0 Å². The van der Waals surface area contributed by atoms with E-state index in [0.717, 1.165) is 31.8 Å². The first-order valence-electron chi connectivity index (χ1n) is 5.22. The van der Waals surface area contributed by atoms with Crippen LogP contribution < -0.4 is 5.32 Å². The van der Waals surface area contributed by atoms with Gasteiger partial charge in [-0.3, -0.25) is 0 Å². The van der Waals surface area contributed by atoms with E-state index in [1.54, 1.807) is 0 Å². The van der Waals surface area contributed by atoms with Crippen molar-refractivity contribution in [2.24, 2.45) is 11.8 Å². The molecule has 12 heavy (non-hydrogen) atoms. The summed E-state index contributed by atoms with van der Waals surface area (Å²) in [6.07, 6.45) is 5.18. The number of hydrogen-bond donors (Lipinski definition) is 1. The van der Waals surface area contributed by atoms with Gasteiger partial charge in [0.05, 0.1) is 0 Å². The lowest BCUT2D eigenvalue weighted by atomic mass is 9.72. The second kappa shape index (κ2) is 3.73. The maximum atomic E-state index is 13.5. The Morgan fingerprint density at radius 3 is 2.42 bits per heavy atom. The number of halogens is 1. The Labute approximate surface area is 73.7 Å². The molecule has 70 valence electrons. The van der Waals surface area contributed by atoms with Crippen LogP contribution in [0.2, 0.25) is 0 Å². The van der Waals surface area contributed by atoms with Crippen molar-refractivity contribution in [3.8, 4) is 0 Å². The molecule has 0 amide bonds. The van der Waals surface area contributed by atoms with E-state index >= 15 is 0 Å². The fraction of sp³-hybridized carbons (Fsp3) is 1.00. The highest BCUT2D eigenvalue weighted by Crippen LogP contribution is 2.39. The molecule has 1 heterocycles. The van der Waals surface area contributed by atoms with Crippen molar-refractivity contribution >= 4 is 0 Å². The maximum absolute atomic E-state index is 13.5. The van der Waals surface area contributed by atoms with E-state index in [0.29, 0.717) is 5.92 Å². The fourth-order valence-electron chi connectivity index (χ4n) is 2.43. The lowest BCUT2D eigenvalue weighted by Crippen LogP contribution is -2.29. The van der Waals surface area contributed by atoms with Crippen LogP contribution in [0, 0.1) is 11.8 Å². The quantitative estimate of drug-likeness (QED) is 0.637. The first-order valence-corrected chi connectivity index (χ1v) is 5.22. The summed E-state index contributed by atoms with van der Waals surface area (Å²) in [5, 5.41) is 3.27. The Bertz CT molecular complexity index is 145. The summed E-state index contributed by atoms with van der Waals surface area (Å²) < 4.78 is 13.5. The zero-order valence-electron chi connectivity index (χ0n) is 7.56. The van der Waals surface area contributed by atoms with E-state index in [1.165, 1.54) is 19.3 Å². The molecule has 2 rings (SSSR count). The van der Waals surface area contributed by atoms with Gasteiger partial charge in [-0.05, 0) is 37.8 Å². The average molecular weight is 171 g/mol. The summed E-state index contributed by atoms with van der Waals surface area (Å²) in [6, 6.07) is 0. The minimum Gasteiger partial charge on any atom is -0.317 e. The summed E-state index contributed by atoms with van der Waals surface area (Å²) in [6.45, 7) is 1.91. The second-order valence-corrected chi connectivity index (χ2v) is 4.20. The number of alkyl halides is 1. The molecular weight excluding hydrogens is 153 g/mol. The SMILES string of the molecule is FC1CCNCCC1C1CCC1. The van der Waals surface area contributed by atoms with Gasteiger partial charge in [0.2, 0.25) is 0 Å². The average Bonchev–Trinajstić information content (AvgIpc) is 2.13. The summed E-state index contributed by atoms with van der Waals surface area (Å²) >= 11 is 0. The van der Waals surface area contributed by atoms with Crippen LogP contribution >= 0.6 is 0 Å². The third-order valence-electron chi connectivity index (χ3n) is 3.47. The minimum atomic E-state index is -0.523. The summed E-state index contributed by atoms with van der Waals surface area (Å²) in [4.78, 5) is 0. The molecule has 0 radical (unpaired) electrons. The molecule has 0 aromatic carbocycles. The fourth-order valence-corrected chi connectivity index (χ4v) is 2.43. The van der Waals surface area contributed by atoms with Crippen LogP contribution in [-0.4, -0.2) is 19.3 Å². The molecular formula is C10H18FN. The lowest BCUT2D eigenvalue weighted by Gasteiger charge is -2.34. The molecule has 0 aromatic rings. The third kappa shape index (κ3) is 1.63. The molecule has 1 saturated carbocycles. The van der Waals surface area contributed by atoms with Gasteiger partial charge in [0.25, 0.3) is 0 Å². The van der Waals surface area contributed by atoms with Gasteiger partial charge in [-0.1, -0.05) is 19.3 Å². The first-order chi connectivity index (χ1) is 5.88. The van der Waals surface area contributed by atoms with Crippen LogP contribution in [0.3, 0.4) is 0 Å². The van der Waals surface area contributed by atoms with Crippen LogP contribution in [0.25, 0.3) is 0 Å². The Kier molecular flexibility index (Phi) is 2.64. The largest absolute Gasteiger partial charge is 0.317 e. The molecule has 2 unspecified atom stereocenters.